The van der Waals surface area contributed by atoms with E-state index in [0.717, 1.165) is 44.1 Å². The van der Waals surface area contributed by atoms with Crippen LogP contribution in [-0.2, 0) is 4.79 Å². The number of nitrogens with one attached hydrogen (secondary N) is 2. The molecule has 1 amide bonds. The van der Waals surface area contributed by atoms with Gasteiger partial charge in [-0.1, -0.05) is 0 Å². The zero-order valence-corrected chi connectivity index (χ0v) is 16.2. The third kappa shape index (κ3) is 7.24. The van der Waals surface area contributed by atoms with Crippen molar-refractivity contribution >= 4 is 42.2 Å². The number of pyridine rings is 1. The Balaban J connectivity index is 0.00000264. The van der Waals surface area contributed by atoms with Gasteiger partial charge in [-0.15, -0.1) is 24.8 Å². The molecule has 0 aliphatic carbocycles. The van der Waals surface area contributed by atoms with E-state index in [1.165, 1.54) is 12.8 Å². The quantitative estimate of drug-likeness (QED) is 0.764. The largest absolute Gasteiger partial charge is 0.357 e. The number of piperidine rings is 1. The van der Waals surface area contributed by atoms with Gasteiger partial charge in [0.1, 0.15) is 5.82 Å². The number of hydrogen-bond donors (Lipinski definition) is 2. The number of amides is 1. The predicted octanol–water partition coefficient (Wildman–Crippen LogP) is 3.49. The molecular weight excluding hydrogens is 347 g/mol. The van der Waals surface area contributed by atoms with Crippen molar-refractivity contribution in [3.05, 3.63) is 18.3 Å². The monoisotopic (exact) mass is 376 g/mol. The lowest BCUT2D eigenvalue weighted by Crippen LogP contribution is -2.28. The van der Waals surface area contributed by atoms with E-state index in [4.69, 9.17) is 0 Å². The summed E-state index contributed by atoms with van der Waals surface area (Å²) in [5, 5.41) is 6.30. The van der Waals surface area contributed by atoms with Gasteiger partial charge in [0, 0.05) is 19.5 Å². The fourth-order valence-electron chi connectivity index (χ4n) is 2.92. The molecule has 1 aromatic rings. The van der Waals surface area contributed by atoms with E-state index < -0.39 is 0 Å². The second-order valence-corrected chi connectivity index (χ2v) is 5.86. The first-order valence-corrected chi connectivity index (χ1v) is 8.44. The highest BCUT2D eigenvalue weighted by molar-refractivity contribution is 5.90. The Morgan fingerprint density at radius 1 is 1.25 bits per heavy atom. The maximum Gasteiger partial charge on any atom is 0.224 e. The Morgan fingerprint density at radius 2 is 1.92 bits per heavy atom. The summed E-state index contributed by atoms with van der Waals surface area (Å²) in [6.07, 6.45) is 5.71. The Kier molecular flexibility index (Phi) is 11.8. The second kappa shape index (κ2) is 12.3. The van der Waals surface area contributed by atoms with E-state index in [0.29, 0.717) is 12.3 Å². The van der Waals surface area contributed by atoms with Crippen LogP contribution < -0.4 is 15.5 Å². The number of hydrogen-bond acceptors (Lipinski definition) is 4. The molecule has 0 atom stereocenters. The normalized spacial score (nSPS) is 14.2. The lowest BCUT2D eigenvalue weighted by Gasteiger charge is -2.22. The number of anilines is 2. The molecule has 1 saturated heterocycles. The predicted molar refractivity (Wildman–Crippen MR) is 106 cm³/mol. The number of carbonyl (C=O) groups excluding carboxylic acids is 1. The molecule has 2 rings (SSSR count). The van der Waals surface area contributed by atoms with Crippen LogP contribution in [0.1, 0.15) is 39.5 Å². The molecule has 0 aromatic carbocycles. The van der Waals surface area contributed by atoms with Gasteiger partial charge in [0.2, 0.25) is 5.91 Å². The Morgan fingerprint density at radius 3 is 2.46 bits per heavy atom. The number of rotatable bonds is 7. The topological polar surface area (TPSA) is 57.3 Å². The molecule has 2 N–H and O–H groups in total. The number of halogens is 2. The van der Waals surface area contributed by atoms with Gasteiger partial charge in [-0.3, -0.25) is 4.79 Å². The van der Waals surface area contributed by atoms with E-state index >= 15 is 0 Å². The van der Waals surface area contributed by atoms with E-state index in [1.807, 2.05) is 12.1 Å². The molecule has 24 heavy (non-hydrogen) atoms. The van der Waals surface area contributed by atoms with Crippen LogP contribution in [0.2, 0.25) is 0 Å². The van der Waals surface area contributed by atoms with Gasteiger partial charge in [0.05, 0.1) is 11.9 Å². The molecule has 0 saturated carbocycles. The molecule has 1 aromatic heterocycles. The van der Waals surface area contributed by atoms with Crippen molar-refractivity contribution in [1.29, 1.82) is 0 Å². The molecule has 2 heterocycles. The van der Waals surface area contributed by atoms with Gasteiger partial charge in [-0.25, -0.2) is 4.98 Å². The van der Waals surface area contributed by atoms with Crippen molar-refractivity contribution in [2.45, 2.75) is 39.5 Å². The van der Waals surface area contributed by atoms with Crippen LogP contribution in [0, 0.1) is 5.92 Å². The van der Waals surface area contributed by atoms with Crippen molar-refractivity contribution in [2.24, 2.45) is 5.92 Å². The molecule has 5 nitrogen and oxygen atoms in total. The number of nitrogens with zero attached hydrogens (tertiary/aromatic N) is 2. The van der Waals surface area contributed by atoms with Crippen molar-refractivity contribution < 1.29 is 4.79 Å². The SMILES string of the molecule is CCN(CC)c1ccc(NC(=O)CCC2CCNCC2)cn1.Cl.Cl. The first kappa shape index (κ1) is 23.0. The lowest BCUT2D eigenvalue weighted by atomic mass is 9.93. The van der Waals surface area contributed by atoms with E-state index in [9.17, 15) is 4.79 Å². The summed E-state index contributed by atoms with van der Waals surface area (Å²) in [6, 6.07) is 3.90. The summed E-state index contributed by atoms with van der Waals surface area (Å²) in [5.74, 6) is 1.74. The van der Waals surface area contributed by atoms with Crippen molar-refractivity contribution in [2.75, 3.05) is 36.4 Å². The van der Waals surface area contributed by atoms with Crippen molar-refractivity contribution in [3.8, 4) is 0 Å². The van der Waals surface area contributed by atoms with Gasteiger partial charge in [-0.2, -0.15) is 0 Å². The van der Waals surface area contributed by atoms with Gasteiger partial charge < -0.3 is 15.5 Å². The second-order valence-electron chi connectivity index (χ2n) is 5.86. The molecule has 0 bridgehead atoms. The minimum Gasteiger partial charge on any atom is -0.357 e. The third-order valence-corrected chi connectivity index (χ3v) is 4.36. The first-order chi connectivity index (χ1) is 10.7. The highest BCUT2D eigenvalue weighted by atomic mass is 35.5. The van der Waals surface area contributed by atoms with Gasteiger partial charge in [0.25, 0.3) is 0 Å². The van der Waals surface area contributed by atoms with E-state index in [1.54, 1.807) is 6.20 Å². The third-order valence-electron chi connectivity index (χ3n) is 4.36. The summed E-state index contributed by atoms with van der Waals surface area (Å²) in [6.45, 7) is 8.27. The van der Waals surface area contributed by atoms with Crippen LogP contribution in [0.25, 0.3) is 0 Å². The molecule has 1 aliphatic rings. The summed E-state index contributed by atoms with van der Waals surface area (Å²) in [4.78, 5) is 18.6. The summed E-state index contributed by atoms with van der Waals surface area (Å²) in [5.41, 5.74) is 0.784. The van der Waals surface area contributed by atoms with Crippen LogP contribution in [0.3, 0.4) is 0 Å². The molecule has 0 spiro atoms. The first-order valence-electron chi connectivity index (χ1n) is 8.44. The standard InChI is InChI=1S/C17H28N4O.2ClH/c1-3-21(4-2)16-7-6-15(13-19-16)20-17(22)8-5-14-9-11-18-12-10-14;;/h6-7,13-14,18H,3-5,8-12H2,1-2H3,(H,20,22);2*1H. The highest BCUT2D eigenvalue weighted by Crippen LogP contribution is 2.19. The van der Waals surface area contributed by atoms with Crippen molar-refractivity contribution in [3.63, 3.8) is 0 Å². The average molecular weight is 377 g/mol. The molecule has 0 radical (unpaired) electrons. The molecule has 1 fully saturated rings. The summed E-state index contributed by atoms with van der Waals surface area (Å²) < 4.78 is 0. The Bertz CT molecular complexity index is 460. The zero-order chi connectivity index (χ0) is 15.8. The van der Waals surface area contributed by atoms with Crippen LogP contribution in [0.15, 0.2) is 18.3 Å². The smallest absolute Gasteiger partial charge is 0.224 e. The number of aromatic nitrogens is 1. The van der Waals surface area contributed by atoms with Gasteiger partial charge >= 0.3 is 0 Å². The van der Waals surface area contributed by atoms with Crippen LogP contribution in [0.4, 0.5) is 11.5 Å². The summed E-state index contributed by atoms with van der Waals surface area (Å²) >= 11 is 0. The number of carbonyl (C=O) groups is 1. The highest BCUT2D eigenvalue weighted by Gasteiger charge is 2.14. The molecule has 7 heteroatoms. The fourth-order valence-corrected chi connectivity index (χ4v) is 2.92. The molecule has 138 valence electrons. The van der Waals surface area contributed by atoms with Crippen LogP contribution in [0.5, 0.6) is 0 Å². The molecular formula is C17H30Cl2N4O. The minimum absolute atomic E-state index is 0. The lowest BCUT2D eigenvalue weighted by molar-refractivity contribution is -0.116. The summed E-state index contributed by atoms with van der Waals surface area (Å²) in [7, 11) is 0. The maximum absolute atomic E-state index is 12.0. The molecule has 1 aliphatic heterocycles. The van der Waals surface area contributed by atoms with E-state index in [-0.39, 0.29) is 30.7 Å². The average Bonchev–Trinajstić information content (AvgIpc) is 2.56. The van der Waals surface area contributed by atoms with Crippen LogP contribution in [-0.4, -0.2) is 37.1 Å². The van der Waals surface area contributed by atoms with Gasteiger partial charge in [0.15, 0.2) is 0 Å². The Hall–Kier alpha value is -1.04. The Labute approximate surface area is 157 Å². The fraction of sp³-hybridized carbons (Fsp3) is 0.647. The zero-order valence-electron chi connectivity index (χ0n) is 14.6. The molecule has 0 unspecified atom stereocenters. The minimum atomic E-state index is 0. The van der Waals surface area contributed by atoms with Crippen LogP contribution >= 0.6 is 24.8 Å². The van der Waals surface area contributed by atoms with Crippen molar-refractivity contribution in [1.82, 2.24) is 10.3 Å². The maximum atomic E-state index is 12.0. The van der Waals surface area contributed by atoms with Gasteiger partial charge in [-0.05, 0) is 64.3 Å². The van der Waals surface area contributed by atoms with E-state index in [2.05, 4.69) is 34.4 Å².